The van der Waals surface area contributed by atoms with E-state index in [9.17, 15) is 18.9 Å². The van der Waals surface area contributed by atoms with Crippen molar-refractivity contribution in [2.45, 2.75) is 52.4 Å². The molecular formula is C10H22CoO4P2+2. The average Bonchev–Trinajstić information content (AvgIpc) is 2.18. The molecule has 0 saturated carbocycles. The number of rotatable bonds is 8. The molecule has 2 atom stereocenters. The van der Waals surface area contributed by atoms with Crippen molar-refractivity contribution in [1.82, 2.24) is 0 Å². The van der Waals surface area contributed by atoms with Gasteiger partial charge in [-0.05, 0) is 25.7 Å². The SMILES string of the molecule is CCCCC[P+](=O)[O-].CCCCC[P+](=O)[O-].[Co+2]. The van der Waals surface area contributed by atoms with Crippen molar-refractivity contribution in [2.24, 2.45) is 0 Å². The zero-order chi connectivity index (χ0) is 12.8. The first-order valence-corrected chi connectivity index (χ1v) is 8.50. The van der Waals surface area contributed by atoms with Gasteiger partial charge in [0.2, 0.25) is 0 Å². The van der Waals surface area contributed by atoms with Crippen molar-refractivity contribution in [3.63, 3.8) is 0 Å². The Bertz CT molecular complexity index is 171. The Morgan fingerprint density at radius 3 is 1.24 bits per heavy atom. The molecule has 0 heterocycles. The van der Waals surface area contributed by atoms with Crippen molar-refractivity contribution in [3.05, 3.63) is 0 Å². The Morgan fingerprint density at radius 1 is 0.765 bits per heavy atom. The monoisotopic (exact) mass is 327 g/mol. The van der Waals surface area contributed by atoms with Crippen LogP contribution in [0.5, 0.6) is 0 Å². The smallest absolute Gasteiger partial charge is 0.596 e. The summed E-state index contributed by atoms with van der Waals surface area (Å²) in [4.78, 5) is 19.8. The summed E-state index contributed by atoms with van der Waals surface area (Å²) < 4.78 is 19.8. The van der Waals surface area contributed by atoms with Gasteiger partial charge in [-0.3, -0.25) is 0 Å². The van der Waals surface area contributed by atoms with Gasteiger partial charge in [0.1, 0.15) is 12.3 Å². The molecule has 103 valence electrons. The topological polar surface area (TPSA) is 80.3 Å². The zero-order valence-electron chi connectivity index (χ0n) is 10.5. The molecule has 17 heavy (non-hydrogen) atoms. The second-order valence-electron chi connectivity index (χ2n) is 3.53. The Morgan fingerprint density at radius 2 is 1.06 bits per heavy atom. The fourth-order valence-electron chi connectivity index (χ4n) is 0.982. The van der Waals surface area contributed by atoms with Gasteiger partial charge in [-0.25, -0.2) is 0 Å². The summed E-state index contributed by atoms with van der Waals surface area (Å²) in [6, 6.07) is 0. The molecular weight excluding hydrogens is 305 g/mol. The van der Waals surface area contributed by atoms with E-state index in [4.69, 9.17) is 0 Å². The van der Waals surface area contributed by atoms with E-state index in [2.05, 4.69) is 13.8 Å². The molecule has 1 radical (unpaired) electrons. The van der Waals surface area contributed by atoms with Crippen LogP contribution in [-0.2, 0) is 25.9 Å². The number of unbranched alkanes of at least 4 members (excludes halogenated alkanes) is 4. The maximum absolute atomic E-state index is 9.91. The van der Waals surface area contributed by atoms with Gasteiger partial charge in [0.25, 0.3) is 0 Å². The molecule has 0 amide bonds. The second kappa shape index (κ2) is 19.0. The van der Waals surface area contributed by atoms with Crippen molar-refractivity contribution in [2.75, 3.05) is 12.3 Å². The summed E-state index contributed by atoms with van der Waals surface area (Å²) in [6.07, 6.45) is 6.62. The van der Waals surface area contributed by atoms with Gasteiger partial charge >= 0.3 is 32.8 Å². The zero-order valence-corrected chi connectivity index (χ0v) is 13.3. The van der Waals surface area contributed by atoms with Crippen LogP contribution >= 0.6 is 16.1 Å². The Labute approximate surface area is 117 Å². The second-order valence-corrected chi connectivity index (χ2v) is 5.75. The molecule has 0 saturated heterocycles. The summed E-state index contributed by atoms with van der Waals surface area (Å²) in [5, 5.41) is 0. The van der Waals surface area contributed by atoms with Crippen molar-refractivity contribution in [3.8, 4) is 0 Å². The summed E-state index contributed by atoms with van der Waals surface area (Å²) in [7, 11) is -4.22. The minimum atomic E-state index is -2.11. The van der Waals surface area contributed by atoms with Crippen LogP contribution in [-0.4, -0.2) is 12.3 Å². The predicted molar refractivity (Wildman–Crippen MR) is 64.0 cm³/mol. The van der Waals surface area contributed by atoms with Crippen LogP contribution in [0.25, 0.3) is 0 Å². The molecule has 0 spiro atoms. The Kier molecular flexibility index (Phi) is 25.4. The number of hydrogen-bond donors (Lipinski definition) is 0. The molecule has 0 aliphatic carbocycles. The first kappa shape index (κ1) is 22.8. The largest absolute Gasteiger partial charge is 2.00 e. The van der Waals surface area contributed by atoms with Crippen LogP contribution in [0.2, 0.25) is 0 Å². The minimum absolute atomic E-state index is 0. The van der Waals surface area contributed by atoms with Gasteiger partial charge in [-0.1, -0.05) is 35.8 Å². The molecule has 0 aliphatic rings. The summed E-state index contributed by atoms with van der Waals surface area (Å²) in [5.41, 5.74) is 0. The van der Waals surface area contributed by atoms with Crippen LogP contribution in [0.4, 0.5) is 0 Å². The van der Waals surface area contributed by atoms with Gasteiger partial charge in [-0.15, -0.1) is 0 Å². The van der Waals surface area contributed by atoms with Gasteiger partial charge in [0.05, 0.1) is 0 Å². The quantitative estimate of drug-likeness (QED) is 0.507. The molecule has 0 bridgehead atoms. The van der Waals surface area contributed by atoms with E-state index in [0.29, 0.717) is 12.3 Å². The van der Waals surface area contributed by atoms with E-state index in [1.54, 1.807) is 0 Å². The molecule has 0 aromatic heterocycles. The summed E-state index contributed by atoms with van der Waals surface area (Å²) in [6.45, 7) is 4.11. The molecule has 0 aliphatic heterocycles. The van der Waals surface area contributed by atoms with E-state index in [1.807, 2.05) is 0 Å². The molecule has 7 heteroatoms. The van der Waals surface area contributed by atoms with Gasteiger partial charge in [-0.2, -0.15) is 0 Å². The summed E-state index contributed by atoms with van der Waals surface area (Å²) >= 11 is 0. The third-order valence-corrected chi connectivity index (χ3v) is 3.25. The first-order valence-electron chi connectivity index (χ1n) is 5.78. The van der Waals surface area contributed by atoms with E-state index >= 15 is 0 Å². The van der Waals surface area contributed by atoms with E-state index in [-0.39, 0.29) is 16.8 Å². The van der Waals surface area contributed by atoms with Crippen molar-refractivity contribution < 1.29 is 35.7 Å². The minimum Gasteiger partial charge on any atom is -0.596 e. The van der Waals surface area contributed by atoms with E-state index < -0.39 is 16.1 Å². The van der Waals surface area contributed by atoms with Crippen LogP contribution in [0.3, 0.4) is 0 Å². The third-order valence-electron chi connectivity index (χ3n) is 1.89. The Hall–Kier alpha value is 0.626. The maximum atomic E-state index is 9.91. The fraction of sp³-hybridized carbons (Fsp3) is 1.00. The molecule has 2 unspecified atom stereocenters. The van der Waals surface area contributed by atoms with Crippen molar-refractivity contribution in [1.29, 1.82) is 0 Å². The standard InChI is InChI=1S/2C5H11O2P.Co/c2*1-2-3-4-5-8(6)7;/h2*2-5H2,1H3;/q;;+2. The van der Waals surface area contributed by atoms with Gasteiger partial charge in [0, 0.05) is 0 Å². The van der Waals surface area contributed by atoms with Gasteiger partial charge < -0.3 is 9.79 Å². The van der Waals surface area contributed by atoms with Gasteiger partial charge in [0.15, 0.2) is 0 Å². The Balaban J connectivity index is -0.000000218. The normalized spacial score (nSPS) is 10.8. The summed E-state index contributed by atoms with van der Waals surface area (Å²) in [5.74, 6) is 0. The van der Waals surface area contributed by atoms with Crippen LogP contribution in [0.1, 0.15) is 52.4 Å². The number of hydrogen-bond acceptors (Lipinski definition) is 4. The van der Waals surface area contributed by atoms with Crippen molar-refractivity contribution >= 4 is 16.1 Å². The van der Waals surface area contributed by atoms with E-state index in [0.717, 1.165) is 38.5 Å². The molecule has 0 aromatic carbocycles. The van der Waals surface area contributed by atoms with Crippen LogP contribution in [0, 0.1) is 0 Å². The molecule has 4 nitrogen and oxygen atoms in total. The van der Waals surface area contributed by atoms with Crippen LogP contribution in [0.15, 0.2) is 0 Å². The maximum Gasteiger partial charge on any atom is 2.00 e. The van der Waals surface area contributed by atoms with E-state index in [1.165, 1.54) is 0 Å². The van der Waals surface area contributed by atoms with Crippen LogP contribution < -0.4 is 9.79 Å². The predicted octanol–water partition coefficient (Wildman–Crippen LogP) is 2.56. The molecule has 0 rings (SSSR count). The fourth-order valence-corrected chi connectivity index (χ4v) is 1.95. The first-order chi connectivity index (χ1) is 7.54. The molecule has 0 aromatic rings. The third kappa shape index (κ3) is 31.5. The molecule has 0 N–H and O–H groups in total. The average molecular weight is 327 g/mol. The molecule has 0 fully saturated rings.